The number of carbonyl (C=O) groups excluding carboxylic acids is 1. The molecule has 2 rings (SSSR count). The summed E-state index contributed by atoms with van der Waals surface area (Å²) >= 11 is 0. The molecule has 0 aliphatic carbocycles. The van der Waals surface area contributed by atoms with Crippen molar-refractivity contribution in [2.24, 2.45) is 5.41 Å². The van der Waals surface area contributed by atoms with Crippen LogP contribution < -0.4 is 4.74 Å². The molecule has 0 amide bonds. The van der Waals surface area contributed by atoms with E-state index < -0.39 is 11.2 Å². The molecule has 0 heterocycles. The average molecular weight is 326 g/mol. The fourth-order valence-corrected chi connectivity index (χ4v) is 2.46. The normalized spacial score (nSPS) is 12.1. The summed E-state index contributed by atoms with van der Waals surface area (Å²) in [4.78, 5) is 12.2. The highest BCUT2D eigenvalue weighted by atomic mass is 19.1. The number of ether oxygens (including phenoxy) is 1. The maximum atomic E-state index is 14.1. The number of carbonyl (C=O) groups is 1. The fraction of sp³-hybridized carbons (Fsp3) is 0.381. The minimum Gasteiger partial charge on any atom is -0.426 e. The van der Waals surface area contributed by atoms with E-state index in [4.69, 9.17) is 11.2 Å². The van der Waals surface area contributed by atoms with E-state index in [-0.39, 0.29) is 16.9 Å². The van der Waals surface area contributed by atoms with Gasteiger partial charge in [0.1, 0.15) is 11.6 Å². The lowest BCUT2D eigenvalue weighted by molar-refractivity contribution is -0.142. The van der Waals surface area contributed by atoms with Crippen LogP contribution in [0.3, 0.4) is 0 Å². The third-order valence-corrected chi connectivity index (χ3v) is 3.82. The summed E-state index contributed by atoms with van der Waals surface area (Å²) in [5.74, 6) is 2.16. The molecule has 126 valence electrons. The molecule has 0 aliphatic rings. The minimum atomic E-state index is -0.608. The fourth-order valence-electron chi connectivity index (χ4n) is 2.46. The Bertz CT molecular complexity index is 843. The molecule has 0 aliphatic heterocycles. The molecule has 0 bridgehead atoms. The Labute approximate surface area is 143 Å². The number of esters is 1. The highest BCUT2D eigenvalue weighted by molar-refractivity contribution is 5.94. The van der Waals surface area contributed by atoms with Crippen LogP contribution in [0, 0.1) is 23.6 Å². The summed E-state index contributed by atoms with van der Waals surface area (Å²) < 4.78 is 19.7. The van der Waals surface area contributed by atoms with Crippen molar-refractivity contribution in [3.05, 3.63) is 41.2 Å². The van der Waals surface area contributed by atoms with Gasteiger partial charge in [0.25, 0.3) is 0 Å². The molecule has 0 radical (unpaired) electrons. The Morgan fingerprint density at radius 2 is 1.75 bits per heavy atom. The molecule has 0 fully saturated rings. The van der Waals surface area contributed by atoms with Crippen molar-refractivity contribution in [3.63, 3.8) is 0 Å². The van der Waals surface area contributed by atoms with Gasteiger partial charge in [-0.05, 0) is 55.3 Å². The summed E-state index contributed by atoms with van der Waals surface area (Å²) in [6, 6.07) is 6.52. The third kappa shape index (κ3) is 3.43. The van der Waals surface area contributed by atoms with Gasteiger partial charge >= 0.3 is 5.97 Å². The first-order valence-corrected chi connectivity index (χ1v) is 7.91. The number of hydrogen-bond donors (Lipinski definition) is 0. The largest absolute Gasteiger partial charge is 0.426 e. The van der Waals surface area contributed by atoms with Crippen molar-refractivity contribution in [1.82, 2.24) is 0 Å². The summed E-state index contributed by atoms with van der Waals surface area (Å²) in [6.07, 6.45) is 5.53. The Morgan fingerprint density at radius 1 is 1.12 bits per heavy atom. The lowest BCUT2D eigenvalue weighted by Gasteiger charge is -2.24. The summed E-state index contributed by atoms with van der Waals surface area (Å²) in [5.41, 5.74) is 0.195. The topological polar surface area (TPSA) is 26.3 Å². The van der Waals surface area contributed by atoms with Gasteiger partial charge in [-0.2, -0.15) is 0 Å². The van der Waals surface area contributed by atoms with Crippen molar-refractivity contribution in [1.29, 1.82) is 0 Å². The second-order valence-corrected chi connectivity index (χ2v) is 8.03. The maximum Gasteiger partial charge on any atom is 0.316 e. The number of halogens is 1. The van der Waals surface area contributed by atoms with Gasteiger partial charge < -0.3 is 4.74 Å². The zero-order valence-corrected chi connectivity index (χ0v) is 15.1. The first-order valence-electron chi connectivity index (χ1n) is 7.91. The van der Waals surface area contributed by atoms with Crippen LogP contribution in [0.25, 0.3) is 10.8 Å². The lowest BCUT2D eigenvalue weighted by Crippen LogP contribution is -2.25. The van der Waals surface area contributed by atoms with Gasteiger partial charge in [0.05, 0.1) is 11.0 Å². The zero-order valence-electron chi connectivity index (χ0n) is 15.1. The summed E-state index contributed by atoms with van der Waals surface area (Å²) in [6.45, 7) is 11.4. The second kappa shape index (κ2) is 5.94. The first-order chi connectivity index (χ1) is 10.9. The molecular formula is C21H23FO2. The van der Waals surface area contributed by atoms with Crippen LogP contribution in [0.5, 0.6) is 5.75 Å². The number of fused-ring (bicyclic) bond motifs is 1. The van der Waals surface area contributed by atoms with E-state index in [9.17, 15) is 9.18 Å². The number of hydrogen-bond acceptors (Lipinski definition) is 2. The highest BCUT2D eigenvalue weighted by Gasteiger charge is 2.26. The van der Waals surface area contributed by atoms with Gasteiger partial charge in [-0.1, -0.05) is 32.8 Å². The van der Waals surface area contributed by atoms with Crippen LogP contribution in [0.15, 0.2) is 24.3 Å². The lowest BCUT2D eigenvalue weighted by atomic mass is 9.82. The molecule has 24 heavy (non-hydrogen) atoms. The third-order valence-electron chi connectivity index (χ3n) is 3.82. The summed E-state index contributed by atoms with van der Waals surface area (Å²) in [5, 5.41) is 1.45. The van der Waals surface area contributed by atoms with E-state index in [1.54, 1.807) is 39.0 Å². The predicted octanol–water partition coefficient (Wildman–Crippen LogP) is 5.21. The van der Waals surface area contributed by atoms with Crippen molar-refractivity contribution < 1.29 is 13.9 Å². The van der Waals surface area contributed by atoms with E-state index >= 15 is 0 Å². The van der Waals surface area contributed by atoms with Crippen molar-refractivity contribution in [2.75, 3.05) is 0 Å². The second-order valence-electron chi connectivity index (χ2n) is 8.03. The van der Waals surface area contributed by atoms with Gasteiger partial charge in [-0.3, -0.25) is 4.79 Å². The molecule has 0 saturated carbocycles. The molecule has 0 aromatic heterocycles. The molecule has 0 atom stereocenters. The van der Waals surface area contributed by atoms with E-state index in [2.05, 4.69) is 5.92 Å². The number of terminal acetylenes is 1. The maximum absolute atomic E-state index is 14.1. The Balaban J connectivity index is 2.74. The molecule has 0 N–H and O–H groups in total. The van der Waals surface area contributed by atoms with Gasteiger partial charge in [0, 0.05) is 5.39 Å². The molecule has 0 saturated heterocycles. The predicted molar refractivity (Wildman–Crippen MR) is 95.6 cm³/mol. The minimum absolute atomic E-state index is 0.242. The molecule has 2 aromatic carbocycles. The van der Waals surface area contributed by atoms with Gasteiger partial charge in [-0.15, -0.1) is 6.42 Å². The molecule has 2 aromatic rings. The Hall–Kier alpha value is -2.34. The molecule has 0 spiro atoms. The number of benzene rings is 2. The average Bonchev–Trinajstić information content (AvgIpc) is 2.44. The van der Waals surface area contributed by atoms with Crippen LogP contribution in [0.1, 0.15) is 52.7 Å². The molecular weight excluding hydrogens is 303 g/mol. The first kappa shape index (κ1) is 18.0. The van der Waals surface area contributed by atoms with Crippen LogP contribution in [-0.4, -0.2) is 5.97 Å². The zero-order chi connectivity index (χ0) is 18.3. The summed E-state index contributed by atoms with van der Waals surface area (Å²) in [7, 11) is 0. The molecule has 3 heteroatoms. The van der Waals surface area contributed by atoms with Gasteiger partial charge in [0.2, 0.25) is 0 Å². The van der Waals surface area contributed by atoms with Crippen LogP contribution >= 0.6 is 0 Å². The van der Waals surface area contributed by atoms with Crippen LogP contribution in [-0.2, 0) is 10.2 Å². The molecule has 2 nitrogen and oxygen atoms in total. The van der Waals surface area contributed by atoms with Crippen molar-refractivity contribution in [3.8, 4) is 18.1 Å². The standard InChI is InChI=1S/C21H23FO2/c1-8-15-17(22)10-9-13-11-14(24-19(23)21(5,6)7)12-16(18(13)15)20(2,3)4/h1,9-12H,2-7H3. The highest BCUT2D eigenvalue weighted by Crippen LogP contribution is 2.37. The van der Waals surface area contributed by atoms with Crippen molar-refractivity contribution in [2.45, 2.75) is 47.0 Å². The van der Waals surface area contributed by atoms with Crippen molar-refractivity contribution >= 4 is 16.7 Å². The van der Waals surface area contributed by atoms with E-state index in [1.165, 1.54) is 6.07 Å². The van der Waals surface area contributed by atoms with Crippen LogP contribution in [0.2, 0.25) is 0 Å². The van der Waals surface area contributed by atoms with E-state index in [0.717, 1.165) is 10.9 Å². The van der Waals surface area contributed by atoms with Gasteiger partial charge in [0.15, 0.2) is 0 Å². The van der Waals surface area contributed by atoms with E-state index in [1.807, 2.05) is 20.8 Å². The SMILES string of the molecule is C#Cc1c(F)ccc2cc(OC(=O)C(C)(C)C)cc(C(C)(C)C)c12. The Morgan fingerprint density at radius 3 is 2.25 bits per heavy atom. The molecule has 0 unspecified atom stereocenters. The monoisotopic (exact) mass is 326 g/mol. The van der Waals surface area contributed by atoms with Gasteiger partial charge in [-0.25, -0.2) is 4.39 Å². The smallest absolute Gasteiger partial charge is 0.316 e. The van der Waals surface area contributed by atoms with E-state index in [0.29, 0.717) is 11.1 Å². The number of rotatable bonds is 1. The van der Waals surface area contributed by atoms with Crippen LogP contribution in [0.4, 0.5) is 4.39 Å². The Kier molecular flexibility index (Phi) is 4.46. The quantitative estimate of drug-likeness (QED) is 0.408.